The normalized spacial score (nSPS) is 18.2. The van der Waals surface area contributed by atoms with E-state index < -0.39 is 0 Å². The van der Waals surface area contributed by atoms with Gasteiger partial charge in [-0.05, 0) is 52.7 Å². The van der Waals surface area contributed by atoms with Crippen LogP contribution in [-0.2, 0) is 0 Å². The molecule has 0 amide bonds. The van der Waals surface area contributed by atoms with E-state index in [1.807, 2.05) is 0 Å². The highest BCUT2D eigenvalue weighted by atomic mass is 15.1. The molecule has 1 aliphatic rings. The van der Waals surface area contributed by atoms with Crippen molar-refractivity contribution in [2.45, 2.75) is 46.5 Å². The van der Waals surface area contributed by atoms with Crippen LogP contribution in [-0.4, -0.2) is 18.0 Å². The van der Waals surface area contributed by atoms with Gasteiger partial charge in [-0.1, -0.05) is 17.2 Å². The van der Waals surface area contributed by atoms with Gasteiger partial charge in [-0.2, -0.15) is 0 Å². The summed E-state index contributed by atoms with van der Waals surface area (Å²) in [6.07, 6.45) is 9.91. The second kappa shape index (κ2) is 5.90. The predicted molar refractivity (Wildman–Crippen MR) is 63.2 cm³/mol. The Bertz CT molecular complexity index is 215. The second-order valence-electron chi connectivity index (χ2n) is 4.56. The van der Waals surface area contributed by atoms with E-state index in [1.54, 1.807) is 0 Å². The quantitative estimate of drug-likeness (QED) is 0.617. The highest BCUT2D eigenvalue weighted by molar-refractivity contribution is 5.07. The average molecular weight is 193 g/mol. The summed E-state index contributed by atoms with van der Waals surface area (Å²) in [5.74, 6) is 0. The Morgan fingerprint density at radius 1 is 1.07 bits per heavy atom. The van der Waals surface area contributed by atoms with Crippen molar-refractivity contribution < 1.29 is 0 Å². The van der Waals surface area contributed by atoms with Gasteiger partial charge in [0.05, 0.1) is 0 Å². The van der Waals surface area contributed by atoms with E-state index in [1.165, 1.54) is 43.5 Å². The summed E-state index contributed by atoms with van der Waals surface area (Å²) in [6, 6.07) is 0. The SMILES string of the molecule is CC(C)=CC/C(C)=C/N1CCCCC1. The summed E-state index contributed by atoms with van der Waals surface area (Å²) in [5, 5.41) is 0. The summed E-state index contributed by atoms with van der Waals surface area (Å²) >= 11 is 0. The third kappa shape index (κ3) is 4.50. The fourth-order valence-corrected chi connectivity index (χ4v) is 1.78. The van der Waals surface area contributed by atoms with E-state index in [4.69, 9.17) is 0 Å². The second-order valence-corrected chi connectivity index (χ2v) is 4.56. The maximum Gasteiger partial charge on any atom is 0.0172 e. The van der Waals surface area contributed by atoms with Crippen LogP contribution in [0.1, 0.15) is 46.5 Å². The van der Waals surface area contributed by atoms with Crippen molar-refractivity contribution in [3.8, 4) is 0 Å². The van der Waals surface area contributed by atoms with E-state index in [2.05, 4.69) is 37.9 Å². The van der Waals surface area contributed by atoms with Crippen LogP contribution in [0.2, 0.25) is 0 Å². The zero-order valence-corrected chi connectivity index (χ0v) is 9.84. The van der Waals surface area contributed by atoms with Crippen LogP contribution < -0.4 is 0 Å². The molecular formula is C13H23N. The minimum absolute atomic E-state index is 1.11. The number of hydrogen-bond donors (Lipinski definition) is 0. The van der Waals surface area contributed by atoms with Crippen molar-refractivity contribution >= 4 is 0 Å². The Kier molecular flexibility index (Phi) is 4.78. The van der Waals surface area contributed by atoms with Crippen LogP contribution >= 0.6 is 0 Å². The molecule has 0 unspecified atom stereocenters. The monoisotopic (exact) mass is 193 g/mol. The Labute approximate surface area is 88.5 Å². The summed E-state index contributed by atoms with van der Waals surface area (Å²) in [5.41, 5.74) is 2.89. The van der Waals surface area contributed by atoms with Gasteiger partial charge in [0.1, 0.15) is 0 Å². The van der Waals surface area contributed by atoms with Gasteiger partial charge in [-0.15, -0.1) is 0 Å². The van der Waals surface area contributed by atoms with E-state index in [0.717, 1.165) is 6.42 Å². The van der Waals surface area contributed by atoms with Gasteiger partial charge in [0, 0.05) is 13.1 Å². The summed E-state index contributed by atoms with van der Waals surface area (Å²) < 4.78 is 0. The number of likely N-dealkylation sites (tertiary alicyclic amines) is 1. The molecule has 0 aromatic rings. The molecule has 0 aliphatic carbocycles. The maximum atomic E-state index is 2.47. The third-order valence-corrected chi connectivity index (χ3v) is 2.63. The van der Waals surface area contributed by atoms with Crippen LogP contribution in [0.3, 0.4) is 0 Å². The lowest BCUT2D eigenvalue weighted by molar-refractivity contribution is 0.307. The van der Waals surface area contributed by atoms with Gasteiger partial charge in [0.15, 0.2) is 0 Å². The number of rotatable bonds is 3. The van der Waals surface area contributed by atoms with Crippen LogP contribution in [0.5, 0.6) is 0 Å². The molecule has 1 rings (SSSR count). The molecule has 0 aromatic heterocycles. The zero-order valence-electron chi connectivity index (χ0n) is 9.84. The molecule has 1 nitrogen and oxygen atoms in total. The van der Waals surface area contributed by atoms with E-state index in [9.17, 15) is 0 Å². The lowest BCUT2D eigenvalue weighted by Crippen LogP contribution is -2.24. The molecule has 0 atom stereocenters. The minimum Gasteiger partial charge on any atom is -0.377 e. The fraction of sp³-hybridized carbons (Fsp3) is 0.692. The highest BCUT2D eigenvalue weighted by Crippen LogP contribution is 2.12. The molecule has 1 aliphatic heterocycles. The van der Waals surface area contributed by atoms with Crippen molar-refractivity contribution in [3.05, 3.63) is 23.4 Å². The van der Waals surface area contributed by atoms with Gasteiger partial charge in [-0.25, -0.2) is 0 Å². The van der Waals surface area contributed by atoms with Crippen LogP contribution in [0.15, 0.2) is 23.4 Å². The van der Waals surface area contributed by atoms with Gasteiger partial charge in [-0.3, -0.25) is 0 Å². The van der Waals surface area contributed by atoms with Crippen LogP contribution in [0.25, 0.3) is 0 Å². The van der Waals surface area contributed by atoms with Gasteiger partial charge in [0.25, 0.3) is 0 Å². The summed E-state index contributed by atoms with van der Waals surface area (Å²) in [7, 11) is 0. The van der Waals surface area contributed by atoms with Crippen molar-refractivity contribution in [1.29, 1.82) is 0 Å². The van der Waals surface area contributed by atoms with Gasteiger partial charge >= 0.3 is 0 Å². The molecule has 14 heavy (non-hydrogen) atoms. The molecule has 1 saturated heterocycles. The van der Waals surface area contributed by atoms with Gasteiger partial charge < -0.3 is 4.90 Å². The predicted octanol–water partition coefficient (Wildman–Crippen LogP) is 3.73. The molecule has 0 bridgehead atoms. The summed E-state index contributed by atoms with van der Waals surface area (Å²) in [6.45, 7) is 9.06. The Morgan fingerprint density at radius 2 is 1.71 bits per heavy atom. The number of hydrogen-bond acceptors (Lipinski definition) is 1. The number of piperidine rings is 1. The van der Waals surface area contributed by atoms with Crippen molar-refractivity contribution in [2.75, 3.05) is 13.1 Å². The Hall–Kier alpha value is -0.720. The van der Waals surface area contributed by atoms with Crippen molar-refractivity contribution in [2.24, 2.45) is 0 Å². The first kappa shape index (κ1) is 11.4. The first-order chi connectivity index (χ1) is 6.68. The molecule has 80 valence electrons. The molecule has 0 spiro atoms. The summed E-state index contributed by atoms with van der Waals surface area (Å²) in [4.78, 5) is 2.47. The first-order valence-corrected chi connectivity index (χ1v) is 5.73. The van der Waals surface area contributed by atoms with E-state index in [-0.39, 0.29) is 0 Å². The first-order valence-electron chi connectivity index (χ1n) is 5.73. The molecular weight excluding hydrogens is 170 g/mol. The largest absolute Gasteiger partial charge is 0.377 e. The molecule has 0 radical (unpaired) electrons. The van der Waals surface area contributed by atoms with Gasteiger partial charge in [0.2, 0.25) is 0 Å². The smallest absolute Gasteiger partial charge is 0.0172 e. The fourth-order valence-electron chi connectivity index (χ4n) is 1.78. The highest BCUT2D eigenvalue weighted by Gasteiger charge is 2.05. The molecule has 0 N–H and O–H groups in total. The molecule has 1 heterocycles. The molecule has 0 aromatic carbocycles. The maximum absolute atomic E-state index is 2.47. The number of allylic oxidation sites excluding steroid dienone is 3. The Balaban J connectivity index is 2.37. The van der Waals surface area contributed by atoms with E-state index in [0.29, 0.717) is 0 Å². The lowest BCUT2D eigenvalue weighted by atomic mass is 10.1. The Morgan fingerprint density at radius 3 is 2.29 bits per heavy atom. The minimum atomic E-state index is 1.11. The lowest BCUT2D eigenvalue weighted by Gasteiger charge is -2.25. The molecule has 1 heteroatoms. The molecule has 1 fully saturated rings. The van der Waals surface area contributed by atoms with Crippen LogP contribution in [0.4, 0.5) is 0 Å². The van der Waals surface area contributed by atoms with Crippen molar-refractivity contribution in [3.63, 3.8) is 0 Å². The molecule has 0 saturated carbocycles. The van der Waals surface area contributed by atoms with E-state index >= 15 is 0 Å². The number of nitrogens with zero attached hydrogens (tertiary/aromatic N) is 1. The third-order valence-electron chi connectivity index (χ3n) is 2.63. The van der Waals surface area contributed by atoms with Crippen molar-refractivity contribution in [1.82, 2.24) is 4.90 Å². The zero-order chi connectivity index (χ0) is 10.4. The topological polar surface area (TPSA) is 3.24 Å². The average Bonchev–Trinajstić information content (AvgIpc) is 2.16. The standard InChI is InChI=1S/C13H23N/c1-12(2)7-8-13(3)11-14-9-5-4-6-10-14/h7,11H,4-6,8-10H2,1-3H3/b13-11+. The van der Waals surface area contributed by atoms with Crippen LogP contribution in [0, 0.1) is 0 Å².